The average Bonchev–Trinajstić information content (AvgIpc) is 2.86. The van der Waals surface area contributed by atoms with E-state index in [9.17, 15) is 13.2 Å². The van der Waals surface area contributed by atoms with Crippen LogP contribution in [0.2, 0.25) is 5.02 Å². The second-order valence-corrected chi connectivity index (χ2v) is 7.35. The second-order valence-electron chi connectivity index (χ2n) is 4.18. The molecule has 0 radical (unpaired) electrons. The third-order valence-electron chi connectivity index (χ3n) is 2.93. The summed E-state index contributed by atoms with van der Waals surface area (Å²) >= 11 is 8.92. The molecule has 1 fully saturated rings. The van der Waals surface area contributed by atoms with Gasteiger partial charge in [-0.25, -0.2) is 13.2 Å². The van der Waals surface area contributed by atoms with Crippen LogP contribution >= 0.6 is 27.5 Å². The molecule has 1 aromatic carbocycles. The molecule has 19 heavy (non-hydrogen) atoms. The molecular weight excluding hydrogens is 358 g/mol. The number of hydrogen-bond acceptors (Lipinski definition) is 3. The fraction of sp³-hybridized carbons (Fsp3) is 0.364. The Bertz CT molecular complexity index is 626. The van der Waals surface area contributed by atoms with Gasteiger partial charge in [0.1, 0.15) is 0 Å². The zero-order valence-electron chi connectivity index (χ0n) is 9.77. The van der Waals surface area contributed by atoms with E-state index in [1.165, 1.54) is 10.4 Å². The zero-order valence-corrected chi connectivity index (χ0v) is 12.9. The lowest BCUT2D eigenvalue weighted by atomic mass is 10.2. The Morgan fingerprint density at radius 3 is 2.42 bits per heavy atom. The Labute approximate surface area is 124 Å². The first-order chi connectivity index (χ1) is 8.84. The number of carboxylic acid groups (broad SMARTS) is 1. The predicted molar refractivity (Wildman–Crippen MR) is 74.1 cm³/mol. The van der Waals surface area contributed by atoms with Crippen LogP contribution in [0.4, 0.5) is 0 Å². The highest BCUT2D eigenvalue weighted by atomic mass is 79.9. The largest absolute Gasteiger partial charge is 0.478 e. The van der Waals surface area contributed by atoms with Gasteiger partial charge >= 0.3 is 5.97 Å². The zero-order chi connectivity index (χ0) is 14.2. The molecule has 1 N–H and O–H groups in total. The number of benzene rings is 1. The SMILES string of the molecule is O=C(O)c1cc(S(=O)(=O)N2CCCC2)cc(Br)c1Cl. The van der Waals surface area contributed by atoms with Gasteiger partial charge in [-0.15, -0.1) is 0 Å². The molecule has 1 aliphatic rings. The van der Waals surface area contributed by atoms with Crippen LogP contribution in [0.15, 0.2) is 21.5 Å². The number of aromatic carboxylic acids is 1. The molecular formula is C11H11BrClNO4S. The molecule has 8 heteroatoms. The van der Waals surface area contributed by atoms with Gasteiger partial charge in [-0.1, -0.05) is 11.6 Å². The molecule has 1 aromatic rings. The maximum absolute atomic E-state index is 12.3. The summed E-state index contributed by atoms with van der Waals surface area (Å²) in [6.07, 6.45) is 1.64. The molecule has 0 amide bonds. The van der Waals surface area contributed by atoms with E-state index < -0.39 is 16.0 Å². The molecule has 1 saturated heterocycles. The van der Waals surface area contributed by atoms with Crippen LogP contribution in [0.1, 0.15) is 23.2 Å². The summed E-state index contributed by atoms with van der Waals surface area (Å²) in [7, 11) is -3.65. The minimum atomic E-state index is -3.65. The van der Waals surface area contributed by atoms with Gasteiger partial charge in [0.05, 0.1) is 15.5 Å². The van der Waals surface area contributed by atoms with E-state index in [0.29, 0.717) is 13.1 Å². The number of carboxylic acids is 1. The van der Waals surface area contributed by atoms with E-state index in [1.54, 1.807) is 0 Å². The highest BCUT2D eigenvalue weighted by Gasteiger charge is 2.29. The quantitative estimate of drug-likeness (QED) is 0.890. The minimum Gasteiger partial charge on any atom is -0.478 e. The van der Waals surface area contributed by atoms with Crippen LogP contribution in [0.3, 0.4) is 0 Å². The summed E-state index contributed by atoms with van der Waals surface area (Å²) in [6, 6.07) is 2.44. The van der Waals surface area contributed by atoms with Gasteiger partial charge < -0.3 is 5.11 Å². The van der Waals surface area contributed by atoms with E-state index in [0.717, 1.165) is 18.9 Å². The molecule has 0 unspecified atom stereocenters. The van der Waals surface area contributed by atoms with Crippen molar-refractivity contribution in [3.63, 3.8) is 0 Å². The molecule has 1 aliphatic heterocycles. The van der Waals surface area contributed by atoms with Gasteiger partial charge in [0, 0.05) is 17.6 Å². The van der Waals surface area contributed by atoms with Crippen LogP contribution in [0.5, 0.6) is 0 Å². The highest BCUT2D eigenvalue weighted by molar-refractivity contribution is 9.10. The maximum Gasteiger partial charge on any atom is 0.337 e. The summed E-state index contributed by atoms with van der Waals surface area (Å²) in [5, 5.41) is 9.03. The Hall–Kier alpha value is -0.630. The normalized spacial score (nSPS) is 16.7. The molecule has 2 rings (SSSR count). The van der Waals surface area contributed by atoms with E-state index >= 15 is 0 Å². The number of rotatable bonds is 3. The third-order valence-corrected chi connectivity index (χ3v) is 6.07. The molecule has 1 heterocycles. The molecule has 5 nitrogen and oxygen atoms in total. The molecule has 0 aromatic heterocycles. The summed E-state index contributed by atoms with van der Waals surface area (Å²) in [5.74, 6) is -1.26. The van der Waals surface area contributed by atoms with Gasteiger partial charge in [-0.2, -0.15) is 4.31 Å². The Morgan fingerprint density at radius 1 is 1.32 bits per heavy atom. The Morgan fingerprint density at radius 2 is 1.89 bits per heavy atom. The standard InChI is InChI=1S/C11H11BrClNO4S/c12-9-6-7(5-8(10(9)13)11(15)16)19(17,18)14-3-1-2-4-14/h5-6H,1-4H2,(H,15,16). The summed E-state index contributed by atoms with van der Waals surface area (Å²) in [5.41, 5.74) is -0.228. The van der Waals surface area contributed by atoms with Crippen molar-refractivity contribution in [3.05, 3.63) is 27.2 Å². The summed E-state index contributed by atoms with van der Waals surface area (Å²) in [6.45, 7) is 0.927. The lowest BCUT2D eigenvalue weighted by molar-refractivity contribution is 0.0696. The fourth-order valence-corrected chi connectivity index (χ4v) is 4.32. The summed E-state index contributed by atoms with van der Waals surface area (Å²) in [4.78, 5) is 11.0. The number of hydrogen-bond donors (Lipinski definition) is 1. The maximum atomic E-state index is 12.3. The van der Waals surface area contributed by atoms with Crippen molar-refractivity contribution in [3.8, 4) is 0 Å². The summed E-state index contributed by atoms with van der Waals surface area (Å²) < 4.78 is 26.3. The number of halogens is 2. The Balaban J connectivity index is 2.54. The van der Waals surface area contributed by atoms with Crippen LogP contribution in [0, 0.1) is 0 Å². The molecule has 0 spiro atoms. The molecule has 104 valence electrons. The van der Waals surface area contributed by atoms with E-state index in [1.807, 2.05) is 0 Å². The molecule has 0 bridgehead atoms. The molecule has 0 saturated carbocycles. The van der Waals surface area contributed by atoms with Crippen LogP contribution in [-0.4, -0.2) is 36.9 Å². The molecule has 0 atom stereocenters. The Kier molecular flexibility index (Phi) is 4.20. The third kappa shape index (κ3) is 2.79. The fourth-order valence-electron chi connectivity index (χ4n) is 1.95. The van der Waals surface area contributed by atoms with Crippen molar-refractivity contribution < 1.29 is 18.3 Å². The van der Waals surface area contributed by atoms with Crippen LogP contribution in [0.25, 0.3) is 0 Å². The van der Waals surface area contributed by atoms with Crippen LogP contribution in [-0.2, 0) is 10.0 Å². The van der Waals surface area contributed by atoms with Crippen molar-refractivity contribution >= 4 is 43.5 Å². The molecule has 0 aliphatic carbocycles. The predicted octanol–water partition coefficient (Wildman–Crippen LogP) is 2.59. The van der Waals surface area contributed by atoms with Crippen molar-refractivity contribution in [2.75, 3.05) is 13.1 Å². The first kappa shape index (κ1) is 14.8. The van der Waals surface area contributed by atoms with E-state index in [4.69, 9.17) is 16.7 Å². The number of nitrogens with zero attached hydrogens (tertiary/aromatic N) is 1. The van der Waals surface area contributed by atoms with Gasteiger partial charge in [0.25, 0.3) is 0 Å². The average molecular weight is 369 g/mol. The topological polar surface area (TPSA) is 74.7 Å². The lowest BCUT2D eigenvalue weighted by Gasteiger charge is -2.16. The first-order valence-electron chi connectivity index (χ1n) is 5.56. The van der Waals surface area contributed by atoms with Gasteiger partial charge in [-0.3, -0.25) is 0 Å². The first-order valence-corrected chi connectivity index (χ1v) is 8.17. The van der Waals surface area contributed by atoms with E-state index in [2.05, 4.69) is 15.9 Å². The van der Waals surface area contributed by atoms with Crippen molar-refractivity contribution in [1.82, 2.24) is 4.31 Å². The highest BCUT2D eigenvalue weighted by Crippen LogP contribution is 2.31. The second kappa shape index (κ2) is 5.40. The minimum absolute atomic E-state index is 0.00660. The van der Waals surface area contributed by atoms with Gasteiger partial charge in [0.2, 0.25) is 10.0 Å². The van der Waals surface area contributed by atoms with Crippen LogP contribution < -0.4 is 0 Å². The number of sulfonamides is 1. The van der Waals surface area contributed by atoms with Crippen molar-refractivity contribution in [1.29, 1.82) is 0 Å². The van der Waals surface area contributed by atoms with Gasteiger partial charge in [0.15, 0.2) is 0 Å². The number of carbonyl (C=O) groups is 1. The van der Waals surface area contributed by atoms with Crippen molar-refractivity contribution in [2.45, 2.75) is 17.7 Å². The smallest absolute Gasteiger partial charge is 0.337 e. The lowest BCUT2D eigenvalue weighted by Crippen LogP contribution is -2.28. The van der Waals surface area contributed by atoms with Gasteiger partial charge in [-0.05, 0) is 40.9 Å². The monoisotopic (exact) mass is 367 g/mol. The van der Waals surface area contributed by atoms with Crippen molar-refractivity contribution in [2.24, 2.45) is 0 Å². The van der Waals surface area contributed by atoms with E-state index in [-0.39, 0.29) is 20.0 Å².